The molecule has 0 amide bonds. The lowest BCUT2D eigenvalue weighted by Gasteiger charge is -2.58. The highest BCUT2D eigenvalue weighted by molar-refractivity contribution is 5.72. The van der Waals surface area contributed by atoms with Gasteiger partial charge < -0.3 is 0 Å². The first-order valence-electron chi connectivity index (χ1n) is 11.0. The summed E-state index contributed by atoms with van der Waals surface area (Å²) in [5, 5.41) is 0. The van der Waals surface area contributed by atoms with Crippen LogP contribution in [-0.2, 0) is 0 Å². The highest BCUT2D eigenvalue weighted by Crippen LogP contribution is 2.66. The molecule has 2 fully saturated rings. The van der Waals surface area contributed by atoms with Crippen molar-refractivity contribution in [2.75, 3.05) is 0 Å². The van der Waals surface area contributed by atoms with Crippen molar-refractivity contribution in [2.45, 2.75) is 65.7 Å². The molecular formula is C26H34. The van der Waals surface area contributed by atoms with Gasteiger partial charge in [-0.05, 0) is 90.6 Å². The molecule has 0 saturated heterocycles. The minimum Gasteiger partial charge on any atom is -0.0845 e. The van der Waals surface area contributed by atoms with E-state index in [1.165, 1.54) is 50.5 Å². The van der Waals surface area contributed by atoms with E-state index in [9.17, 15) is 0 Å². The van der Waals surface area contributed by atoms with E-state index in [1.807, 2.05) is 5.57 Å². The van der Waals surface area contributed by atoms with Gasteiger partial charge in [-0.25, -0.2) is 0 Å². The van der Waals surface area contributed by atoms with E-state index < -0.39 is 0 Å². The zero-order valence-electron chi connectivity index (χ0n) is 16.8. The summed E-state index contributed by atoms with van der Waals surface area (Å²) < 4.78 is 0. The summed E-state index contributed by atoms with van der Waals surface area (Å²) in [6.07, 6.45) is 15.0. The molecule has 0 heterocycles. The highest BCUT2D eigenvalue weighted by atomic mass is 14.6. The van der Waals surface area contributed by atoms with Crippen LogP contribution in [0.5, 0.6) is 0 Å². The SMILES string of the molecule is C[C@H]1CC[C@@]2(C)C(=CCC3C2CC[C@]2(C)C(c4ccccc4)=CCC32)C1. The van der Waals surface area contributed by atoms with Crippen molar-refractivity contribution in [3.8, 4) is 0 Å². The monoisotopic (exact) mass is 346 g/mol. The van der Waals surface area contributed by atoms with Crippen LogP contribution in [0.15, 0.2) is 48.1 Å². The van der Waals surface area contributed by atoms with E-state index >= 15 is 0 Å². The fourth-order valence-corrected chi connectivity index (χ4v) is 7.48. The van der Waals surface area contributed by atoms with Crippen molar-refractivity contribution >= 4 is 5.57 Å². The lowest BCUT2D eigenvalue weighted by atomic mass is 9.47. The summed E-state index contributed by atoms with van der Waals surface area (Å²) in [6.45, 7) is 7.67. The molecule has 1 aromatic rings. The molecule has 0 aromatic heterocycles. The molecule has 138 valence electrons. The fraction of sp³-hybridized carbons (Fsp3) is 0.615. The molecule has 0 bridgehead atoms. The average molecular weight is 347 g/mol. The molecule has 0 N–H and O–H groups in total. The maximum absolute atomic E-state index is 2.70. The third-order valence-corrected chi connectivity index (χ3v) is 9.02. The molecule has 6 atom stereocenters. The smallest absolute Gasteiger partial charge is 0.00383 e. The first kappa shape index (κ1) is 16.8. The van der Waals surface area contributed by atoms with E-state index in [-0.39, 0.29) is 0 Å². The predicted octanol–water partition coefficient (Wildman–Crippen LogP) is 7.28. The summed E-state index contributed by atoms with van der Waals surface area (Å²) in [5.74, 6) is 3.58. The molecule has 0 radical (unpaired) electrons. The van der Waals surface area contributed by atoms with Crippen LogP contribution in [0.1, 0.15) is 71.3 Å². The number of benzene rings is 1. The Kier molecular flexibility index (Phi) is 3.79. The summed E-state index contributed by atoms with van der Waals surface area (Å²) >= 11 is 0. The van der Waals surface area contributed by atoms with Crippen molar-refractivity contribution in [3.63, 3.8) is 0 Å². The first-order valence-corrected chi connectivity index (χ1v) is 11.0. The van der Waals surface area contributed by atoms with Gasteiger partial charge in [-0.3, -0.25) is 0 Å². The van der Waals surface area contributed by atoms with Crippen molar-refractivity contribution < 1.29 is 0 Å². The topological polar surface area (TPSA) is 0 Å². The van der Waals surface area contributed by atoms with Gasteiger partial charge >= 0.3 is 0 Å². The van der Waals surface area contributed by atoms with Crippen molar-refractivity contribution in [2.24, 2.45) is 34.5 Å². The largest absolute Gasteiger partial charge is 0.0845 e. The number of rotatable bonds is 1. The van der Waals surface area contributed by atoms with Crippen LogP contribution in [0.4, 0.5) is 0 Å². The van der Waals surface area contributed by atoms with Crippen LogP contribution in [0, 0.1) is 34.5 Å². The van der Waals surface area contributed by atoms with Gasteiger partial charge in [0.15, 0.2) is 0 Å². The number of hydrogen-bond donors (Lipinski definition) is 0. The first-order chi connectivity index (χ1) is 12.5. The van der Waals surface area contributed by atoms with Gasteiger partial charge in [0, 0.05) is 0 Å². The molecule has 1 aromatic carbocycles. The van der Waals surface area contributed by atoms with Gasteiger partial charge in [0.1, 0.15) is 0 Å². The van der Waals surface area contributed by atoms with Gasteiger partial charge in [-0.2, -0.15) is 0 Å². The minimum atomic E-state index is 0.395. The highest BCUT2D eigenvalue weighted by Gasteiger charge is 2.56. The predicted molar refractivity (Wildman–Crippen MR) is 111 cm³/mol. The fourth-order valence-electron chi connectivity index (χ4n) is 7.48. The lowest BCUT2D eigenvalue weighted by molar-refractivity contribution is -0.0137. The molecule has 5 rings (SSSR count). The summed E-state index contributed by atoms with van der Waals surface area (Å²) in [5.41, 5.74) is 5.85. The molecule has 3 unspecified atom stereocenters. The minimum absolute atomic E-state index is 0.395. The van der Waals surface area contributed by atoms with Crippen molar-refractivity contribution in [3.05, 3.63) is 53.6 Å². The number of hydrogen-bond acceptors (Lipinski definition) is 0. The Morgan fingerprint density at radius 2 is 1.62 bits per heavy atom. The Morgan fingerprint density at radius 3 is 2.42 bits per heavy atom. The normalized spacial score (nSPS) is 44.4. The van der Waals surface area contributed by atoms with Crippen molar-refractivity contribution in [1.29, 1.82) is 0 Å². The quantitative estimate of drug-likeness (QED) is 0.469. The third-order valence-electron chi connectivity index (χ3n) is 9.02. The number of allylic oxidation sites excluding steroid dienone is 4. The van der Waals surface area contributed by atoms with E-state index in [0.717, 1.165) is 23.7 Å². The van der Waals surface area contributed by atoms with E-state index in [1.54, 1.807) is 5.57 Å². The van der Waals surface area contributed by atoms with Gasteiger partial charge in [0.25, 0.3) is 0 Å². The molecule has 0 nitrogen and oxygen atoms in total. The van der Waals surface area contributed by atoms with Crippen molar-refractivity contribution in [1.82, 2.24) is 0 Å². The standard InChI is InChI=1S/C26H34/c1-18-13-15-25(2)20(17-18)9-10-21-23-12-11-22(19-7-5-4-6-8-19)26(23,3)16-14-24(21)25/h4-9,11,18,21,23-24H,10,12-17H2,1-3H3/t18-,21?,23?,24?,25-,26+/m0/s1. The van der Waals surface area contributed by atoms with Crippen LogP contribution < -0.4 is 0 Å². The molecule has 4 aliphatic carbocycles. The molecule has 2 saturated carbocycles. The second kappa shape index (κ2) is 5.85. The van der Waals surface area contributed by atoms with Crippen LogP contribution in [-0.4, -0.2) is 0 Å². The van der Waals surface area contributed by atoms with Gasteiger partial charge in [0.05, 0.1) is 0 Å². The summed E-state index contributed by atoms with van der Waals surface area (Å²) in [7, 11) is 0. The maximum atomic E-state index is 2.70. The van der Waals surface area contributed by atoms with Crippen LogP contribution in [0.3, 0.4) is 0 Å². The van der Waals surface area contributed by atoms with Crippen LogP contribution in [0.2, 0.25) is 0 Å². The molecular weight excluding hydrogens is 312 g/mol. The second-order valence-corrected chi connectivity index (χ2v) is 10.3. The molecule has 4 aliphatic rings. The Labute approximate surface area is 159 Å². The molecule has 26 heavy (non-hydrogen) atoms. The summed E-state index contributed by atoms with van der Waals surface area (Å²) in [6, 6.07) is 11.2. The Morgan fingerprint density at radius 1 is 0.846 bits per heavy atom. The van der Waals surface area contributed by atoms with E-state index in [2.05, 4.69) is 63.3 Å². The number of fused-ring (bicyclic) bond motifs is 5. The van der Waals surface area contributed by atoms with Gasteiger partial charge in [-0.1, -0.05) is 68.8 Å². The summed E-state index contributed by atoms with van der Waals surface area (Å²) in [4.78, 5) is 0. The second-order valence-electron chi connectivity index (χ2n) is 10.3. The Balaban J connectivity index is 1.48. The molecule has 0 aliphatic heterocycles. The van der Waals surface area contributed by atoms with E-state index in [4.69, 9.17) is 0 Å². The lowest BCUT2D eigenvalue weighted by Crippen LogP contribution is -2.49. The van der Waals surface area contributed by atoms with E-state index in [0.29, 0.717) is 10.8 Å². The van der Waals surface area contributed by atoms with Crippen LogP contribution >= 0.6 is 0 Å². The third kappa shape index (κ3) is 2.26. The Bertz CT molecular complexity index is 754. The zero-order chi connectivity index (χ0) is 17.9. The maximum Gasteiger partial charge on any atom is -0.00383 e. The zero-order valence-corrected chi connectivity index (χ0v) is 16.8. The molecule has 0 spiro atoms. The van der Waals surface area contributed by atoms with Gasteiger partial charge in [-0.15, -0.1) is 0 Å². The molecule has 0 heteroatoms. The average Bonchev–Trinajstić information content (AvgIpc) is 3.00. The van der Waals surface area contributed by atoms with Crippen LogP contribution in [0.25, 0.3) is 5.57 Å². The Hall–Kier alpha value is -1.30. The van der Waals surface area contributed by atoms with Gasteiger partial charge in [0.2, 0.25) is 0 Å².